The number of hydrogen-bond donors (Lipinski definition) is 4. The van der Waals surface area contributed by atoms with Gasteiger partial charge in [0.2, 0.25) is 17.1 Å². The van der Waals surface area contributed by atoms with E-state index < -0.39 is 17.1 Å². The van der Waals surface area contributed by atoms with Crippen molar-refractivity contribution in [1.29, 1.82) is 0 Å². The number of nitrogens with zero attached hydrogens (tertiary/aromatic N) is 1. The lowest BCUT2D eigenvalue weighted by molar-refractivity contribution is -0.121. The van der Waals surface area contributed by atoms with Crippen molar-refractivity contribution in [3.63, 3.8) is 0 Å². The number of aromatic nitrogens is 1. The van der Waals surface area contributed by atoms with Crippen LogP contribution in [0.5, 0.6) is 17.2 Å². The highest BCUT2D eigenvalue weighted by molar-refractivity contribution is 5.84. The molecule has 222 valence electrons. The first kappa shape index (κ1) is 29.3. The molecule has 0 saturated carbocycles. The van der Waals surface area contributed by atoms with Gasteiger partial charge in [-0.15, -0.1) is 0 Å². The van der Waals surface area contributed by atoms with Crippen LogP contribution in [0.25, 0.3) is 10.9 Å². The van der Waals surface area contributed by atoms with Crippen LogP contribution in [0, 0.1) is 6.92 Å². The number of benzene rings is 3. The minimum atomic E-state index is -0.826. The van der Waals surface area contributed by atoms with Crippen LogP contribution >= 0.6 is 0 Å². The smallest absolute Gasteiger partial charge is 0.227 e. The summed E-state index contributed by atoms with van der Waals surface area (Å²) in [7, 11) is 5.39. The van der Waals surface area contributed by atoms with E-state index in [0.717, 1.165) is 27.7 Å². The summed E-state index contributed by atoms with van der Waals surface area (Å²) in [4.78, 5) is 31.4. The number of H-pyrrole nitrogens is 1. The van der Waals surface area contributed by atoms with E-state index in [4.69, 9.17) is 9.15 Å². The average Bonchev–Trinajstić information content (AvgIpc) is 3.42. The van der Waals surface area contributed by atoms with Gasteiger partial charge in [0.25, 0.3) is 0 Å². The Bertz CT molecular complexity index is 1810. The molecule has 0 fully saturated rings. The Kier molecular flexibility index (Phi) is 8.43. The van der Waals surface area contributed by atoms with Gasteiger partial charge in [-0.2, -0.15) is 0 Å². The maximum atomic E-state index is 13.6. The van der Waals surface area contributed by atoms with Gasteiger partial charge in [0.15, 0.2) is 17.3 Å². The minimum Gasteiger partial charge on any atom is -0.504 e. The molecule has 43 heavy (non-hydrogen) atoms. The molecule has 5 aromatic rings. The normalized spacial score (nSPS) is 12.6. The van der Waals surface area contributed by atoms with E-state index in [1.807, 2.05) is 43.4 Å². The van der Waals surface area contributed by atoms with Crippen molar-refractivity contribution in [2.45, 2.75) is 25.2 Å². The number of para-hydroxylation sites is 1. The second kappa shape index (κ2) is 12.4. The number of methoxy groups -OCH3 is 1. The standard InChI is InChI=1S/C34H35N3O6/c1-20-15-30(39)33(41)34(43-20)25(22-11-14-29(38)31(16-22)42-4)17-32(40)36-18-26(21-9-12-23(13-10-21)37(2)3)27-19-35-28-8-6-5-7-24(27)28/h5-16,19,25-26,35,38,41H,17-18H2,1-4H3,(H,36,40)/t25-,26+/m1/s1. The third-order valence-corrected chi connectivity index (χ3v) is 7.70. The van der Waals surface area contributed by atoms with Gasteiger partial charge in [-0.3, -0.25) is 9.59 Å². The van der Waals surface area contributed by atoms with E-state index in [0.29, 0.717) is 17.9 Å². The van der Waals surface area contributed by atoms with Crippen molar-refractivity contribution in [3.05, 3.63) is 117 Å². The summed E-state index contributed by atoms with van der Waals surface area (Å²) in [5.41, 5.74) is 4.09. The summed E-state index contributed by atoms with van der Waals surface area (Å²) in [6.45, 7) is 1.91. The fourth-order valence-electron chi connectivity index (χ4n) is 5.40. The van der Waals surface area contributed by atoms with E-state index in [1.54, 1.807) is 19.1 Å². The van der Waals surface area contributed by atoms with Crippen molar-refractivity contribution in [2.24, 2.45) is 0 Å². The highest BCUT2D eigenvalue weighted by Crippen LogP contribution is 2.37. The quantitative estimate of drug-likeness (QED) is 0.174. The molecule has 0 radical (unpaired) electrons. The Hall–Kier alpha value is -5.18. The number of amides is 1. The van der Waals surface area contributed by atoms with E-state index in [1.165, 1.54) is 19.2 Å². The first-order valence-electron chi connectivity index (χ1n) is 14.0. The van der Waals surface area contributed by atoms with Crippen molar-refractivity contribution < 1.29 is 24.2 Å². The molecular weight excluding hydrogens is 546 g/mol. The maximum absolute atomic E-state index is 13.6. The molecule has 5 rings (SSSR count). The second-order valence-electron chi connectivity index (χ2n) is 10.8. The number of nitrogens with one attached hydrogen (secondary N) is 2. The Balaban J connectivity index is 1.47. The van der Waals surface area contributed by atoms with Gasteiger partial charge in [0, 0.05) is 61.8 Å². The number of fused-ring (bicyclic) bond motifs is 1. The number of carbonyl (C=O) groups is 1. The number of phenolic OH excluding ortho intramolecular Hbond substituents is 1. The lowest BCUT2D eigenvalue weighted by Crippen LogP contribution is -2.30. The molecule has 0 bridgehead atoms. The number of aryl methyl sites for hydroxylation is 1. The second-order valence-corrected chi connectivity index (χ2v) is 10.8. The fraction of sp³-hybridized carbons (Fsp3) is 0.235. The summed E-state index contributed by atoms with van der Waals surface area (Å²) in [5, 5.41) is 25.0. The molecule has 2 heterocycles. The monoisotopic (exact) mass is 581 g/mol. The first-order valence-corrected chi connectivity index (χ1v) is 14.0. The molecule has 0 spiro atoms. The van der Waals surface area contributed by atoms with Gasteiger partial charge >= 0.3 is 0 Å². The molecule has 0 unspecified atom stereocenters. The summed E-state index contributed by atoms with van der Waals surface area (Å²) in [6.07, 6.45) is 1.85. The van der Waals surface area contributed by atoms with Crippen LogP contribution in [0.2, 0.25) is 0 Å². The molecule has 4 N–H and O–H groups in total. The predicted octanol–water partition coefficient (Wildman–Crippen LogP) is 5.39. The van der Waals surface area contributed by atoms with Crippen LogP contribution in [-0.4, -0.2) is 48.9 Å². The SMILES string of the molecule is COc1cc([C@@H](CC(=O)NC[C@@H](c2ccc(N(C)C)cc2)c2c[nH]c3ccccc23)c2oc(C)cc(=O)c2O)ccc1O. The Morgan fingerprint density at radius 3 is 2.44 bits per heavy atom. The van der Waals surface area contributed by atoms with Gasteiger partial charge in [-0.05, 0) is 53.9 Å². The molecule has 9 heteroatoms. The zero-order chi connectivity index (χ0) is 30.7. The van der Waals surface area contributed by atoms with Crippen LogP contribution in [0.15, 0.2) is 88.2 Å². The molecule has 9 nitrogen and oxygen atoms in total. The molecular formula is C34H35N3O6. The average molecular weight is 582 g/mol. The minimum absolute atomic E-state index is 0.0275. The number of hydrogen-bond acceptors (Lipinski definition) is 7. The largest absolute Gasteiger partial charge is 0.504 e. The summed E-state index contributed by atoms with van der Waals surface area (Å²) in [6, 6.07) is 22.1. The zero-order valence-corrected chi connectivity index (χ0v) is 24.5. The Labute approximate surface area is 249 Å². The number of rotatable bonds is 10. The van der Waals surface area contributed by atoms with E-state index >= 15 is 0 Å². The Morgan fingerprint density at radius 2 is 1.72 bits per heavy atom. The van der Waals surface area contributed by atoms with E-state index in [9.17, 15) is 19.8 Å². The van der Waals surface area contributed by atoms with Crippen molar-refractivity contribution in [1.82, 2.24) is 10.3 Å². The molecule has 2 atom stereocenters. The van der Waals surface area contributed by atoms with Crippen molar-refractivity contribution in [2.75, 3.05) is 32.6 Å². The van der Waals surface area contributed by atoms with Crippen LogP contribution in [0.1, 0.15) is 46.5 Å². The summed E-state index contributed by atoms with van der Waals surface area (Å²) in [5.74, 6) is -1.47. The third-order valence-electron chi connectivity index (χ3n) is 7.70. The maximum Gasteiger partial charge on any atom is 0.227 e. The van der Waals surface area contributed by atoms with Crippen LogP contribution in [0.3, 0.4) is 0 Å². The lowest BCUT2D eigenvalue weighted by Gasteiger charge is -2.22. The van der Waals surface area contributed by atoms with Crippen LogP contribution in [-0.2, 0) is 4.79 Å². The highest BCUT2D eigenvalue weighted by atomic mass is 16.5. The number of carbonyl (C=O) groups excluding carboxylic acids is 1. The summed E-state index contributed by atoms with van der Waals surface area (Å²) < 4.78 is 11.1. The predicted molar refractivity (Wildman–Crippen MR) is 166 cm³/mol. The number of aromatic hydroxyl groups is 2. The zero-order valence-electron chi connectivity index (χ0n) is 24.5. The van der Waals surface area contributed by atoms with Gasteiger partial charge < -0.3 is 34.6 Å². The molecule has 0 aliphatic heterocycles. The van der Waals surface area contributed by atoms with Gasteiger partial charge in [-0.1, -0.05) is 36.4 Å². The number of anilines is 1. The van der Waals surface area contributed by atoms with Gasteiger partial charge in [-0.25, -0.2) is 0 Å². The van der Waals surface area contributed by atoms with Crippen LogP contribution in [0.4, 0.5) is 5.69 Å². The molecule has 3 aromatic carbocycles. The molecule has 1 amide bonds. The van der Waals surface area contributed by atoms with Crippen molar-refractivity contribution in [3.8, 4) is 17.2 Å². The van der Waals surface area contributed by atoms with E-state index in [-0.39, 0.29) is 35.5 Å². The van der Waals surface area contributed by atoms with Gasteiger partial charge in [0.1, 0.15) is 5.76 Å². The number of aromatic amines is 1. The Morgan fingerprint density at radius 1 is 1.00 bits per heavy atom. The van der Waals surface area contributed by atoms with Crippen molar-refractivity contribution >= 4 is 22.5 Å². The first-order chi connectivity index (χ1) is 20.7. The number of ether oxygens (including phenoxy) is 1. The molecule has 2 aromatic heterocycles. The molecule has 0 aliphatic rings. The lowest BCUT2D eigenvalue weighted by atomic mass is 9.89. The topological polar surface area (TPSA) is 128 Å². The van der Waals surface area contributed by atoms with Gasteiger partial charge in [0.05, 0.1) is 13.0 Å². The highest BCUT2D eigenvalue weighted by Gasteiger charge is 2.28. The molecule has 0 aliphatic carbocycles. The van der Waals surface area contributed by atoms with Crippen LogP contribution < -0.4 is 20.4 Å². The fourth-order valence-corrected chi connectivity index (χ4v) is 5.40. The summed E-state index contributed by atoms with van der Waals surface area (Å²) >= 11 is 0. The molecule has 0 saturated heterocycles. The third kappa shape index (κ3) is 6.21. The number of phenols is 1. The van der Waals surface area contributed by atoms with E-state index in [2.05, 4.69) is 40.6 Å².